The van der Waals surface area contributed by atoms with E-state index in [4.69, 9.17) is 4.42 Å². The van der Waals surface area contributed by atoms with Crippen LogP contribution in [0, 0.1) is 0 Å². The standard InChI is InChI=1S/C25H26O5/c1-14(2)10-12-17-20(26)18(13-11-15(3)4)25-19(21(17)27)22(28)23(29)24(30-25)16-8-6-5-7-9-16/h5-11,26-27,29H,12-13H2,1-4H3. The number of fused-ring (bicyclic) bond motifs is 1. The number of phenols is 2. The molecule has 0 aliphatic heterocycles. The van der Waals surface area contributed by atoms with Crippen molar-refractivity contribution in [3.8, 4) is 28.6 Å². The summed E-state index contributed by atoms with van der Waals surface area (Å²) in [6, 6.07) is 8.76. The molecular formula is C25H26O5. The third-order valence-corrected chi connectivity index (χ3v) is 4.92. The third-order valence-electron chi connectivity index (χ3n) is 4.92. The van der Waals surface area contributed by atoms with E-state index in [2.05, 4.69) is 0 Å². The number of aromatic hydroxyl groups is 3. The van der Waals surface area contributed by atoms with E-state index in [1.165, 1.54) is 0 Å². The third kappa shape index (κ3) is 3.96. The van der Waals surface area contributed by atoms with Gasteiger partial charge in [-0.15, -0.1) is 0 Å². The van der Waals surface area contributed by atoms with Gasteiger partial charge in [-0.05, 0) is 40.5 Å². The molecule has 3 aromatic rings. The van der Waals surface area contributed by atoms with Gasteiger partial charge in [0.05, 0.1) is 0 Å². The van der Waals surface area contributed by atoms with Crippen molar-refractivity contribution < 1.29 is 19.7 Å². The van der Waals surface area contributed by atoms with E-state index in [9.17, 15) is 20.1 Å². The molecule has 3 rings (SSSR count). The maximum absolute atomic E-state index is 13.1. The minimum Gasteiger partial charge on any atom is -0.507 e. The zero-order valence-electron chi connectivity index (χ0n) is 17.6. The van der Waals surface area contributed by atoms with Crippen LogP contribution in [0.3, 0.4) is 0 Å². The zero-order valence-corrected chi connectivity index (χ0v) is 17.6. The first-order valence-electron chi connectivity index (χ1n) is 9.79. The maximum atomic E-state index is 13.1. The highest BCUT2D eigenvalue weighted by atomic mass is 16.4. The van der Waals surface area contributed by atoms with Crippen LogP contribution in [0.2, 0.25) is 0 Å². The van der Waals surface area contributed by atoms with Gasteiger partial charge >= 0.3 is 0 Å². The number of rotatable bonds is 5. The van der Waals surface area contributed by atoms with Crippen LogP contribution >= 0.6 is 0 Å². The van der Waals surface area contributed by atoms with Gasteiger partial charge in [0.2, 0.25) is 11.2 Å². The van der Waals surface area contributed by atoms with Gasteiger partial charge in [0.1, 0.15) is 22.5 Å². The first kappa shape index (κ1) is 21.2. The minimum absolute atomic E-state index is 0.00222. The van der Waals surface area contributed by atoms with Crippen molar-refractivity contribution in [3.63, 3.8) is 0 Å². The first-order chi connectivity index (χ1) is 14.2. The van der Waals surface area contributed by atoms with Crippen molar-refractivity contribution in [2.24, 2.45) is 0 Å². The lowest BCUT2D eigenvalue weighted by Gasteiger charge is -2.15. The number of phenolic OH excluding ortho intramolecular Hbond substituents is 2. The van der Waals surface area contributed by atoms with E-state index in [-0.39, 0.29) is 40.2 Å². The van der Waals surface area contributed by atoms with Gasteiger partial charge in [-0.25, -0.2) is 0 Å². The molecule has 3 N–H and O–H groups in total. The summed E-state index contributed by atoms with van der Waals surface area (Å²) in [5.74, 6) is -1.05. The van der Waals surface area contributed by atoms with Gasteiger partial charge in [-0.1, -0.05) is 53.6 Å². The van der Waals surface area contributed by atoms with Crippen LogP contribution in [0.4, 0.5) is 0 Å². The Balaban J connectivity index is 2.43. The van der Waals surface area contributed by atoms with Crippen LogP contribution in [-0.2, 0) is 12.8 Å². The Morgan fingerprint density at radius 1 is 0.833 bits per heavy atom. The van der Waals surface area contributed by atoms with E-state index in [0.717, 1.165) is 11.1 Å². The molecule has 1 heterocycles. The van der Waals surface area contributed by atoms with Crippen LogP contribution in [0.25, 0.3) is 22.3 Å². The smallest absolute Gasteiger partial charge is 0.238 e. The molecule has 2 aromatic carbocycles. The summed E-state index contributed by atoms with van der Waals surface area (Å²) in [7, 11) is 0. The fourth-order valence-electron chi connectivity index (χ4n) is 3.29. The molecule has 0 atom stereocenters. The highest BCUT2D eigenvalue weighted by molar-refractivity contribution is 5.93. The van der Waals surface area contributed by atoms with Gasteiger partial charge in [0.25, 0.3) is 0 Å². The van der Waals surface area contributed by atoms with Crippen molar-refractivity contribution in [3.05, 3.63) is 75.0 Å². The zero-order chi connectivity index (χ0) is 22.0. The van der Waals surface area contributed by atoms with Crippen molar-refractivity contribution in [2.75, 3.05) is 0 Å². The summed E-state index contributed by atoms with van der Waals surface area (Å²) < 4.78 is 5.95. The van der Waals surface area contributed by atoms with Gasteiger partial charge < -0.3 is 19.7 Å². The molecule has 0 amide bonds. The van der Waals surface area contributed by atoms with E-state index >= 15 is 0 Å². The first-order valence-corrected chi connectivity index (χ1v) is 9.79. The Bertz CT molecular complexity index is 1210. The molecule has 0 saturated carbocycles. The van der Waals surface area contributed by atoms with Gasteiger partial charge in [0.15, 0.2) is 5.76 Å². The lowest BCUT2D eigenvalue weighted by Crippen LogP contribution is -2.06. The fraction of sp³-hybridized carbons (Fsp3) is 0.240. The van der Waals surface area contributed by atoms with Crippen LogP contribution in [-0.4, -0.2) is 15.3 Å². The summed E-state index contributed by atoms with van der Waals surface area (Å²) in [4.78, 5) is 13.1. The van der Waals surface area contributed by atoms with Gasteiger partial charge in [-0.2, -0.15) is 0 Å². The number of benzene rings is 2. The molecule has 5 nitrogen and oxygen atoms in total. The molecule has 0 aliphatic rings. The lowest BCUT2D eigenvalue weighted by atomic mass is 9.96. The van der Waals surface area contributed by atoms with E-state index in [1.54, 1.807) is 24.3 Å². The van der Waals surface area contributed by atoms with Crippen LogP contribution in [0.15, 0.2) is 62.8 Å². The van der Waals surface area contributed by atoms with Crippen molar-refractivity contribution in [1.82, 2.24) is 0 Å². The predicted molar refractivity (Wildman–Crippen MR) is 119 cm³/mol. The SMILES string of the molecule is CC(C)=CCc1c(O)c(CC=C(C)C)c2oc(-c3ccccc3)c(O)c(=O)c2c1O. The fourth-order valence-corrected chi connectivity index (χ4v) is 3.29. The number of allylic oxidation sites excluding steroid dienone is 4. The van der Waals surface area contributed by atoms with E-state index < -0.39 is 11.2 Å². The molecule has 0 unspecified atom stereocenters. The van der Waals surface area contributed by atoms with Gasteiger partial charge in [0, 0.05) is 16.7 Å². The highest BCUT2D eigenvalue weighted by Crippen LogP contribution is 2.42. The Labute approximate surface area is 175 Å². The molecule has 0 fully saturated rings. The normalized spacial score (nSPS) is 10.8. The second-order valence-corrected chi connectivity index (χ2v) is 7.80. The quantitative estimate of drug-likeness (QED) is 0.480. The molecular weight excluding hydrogens is 380 g/mol. The number of hydrogen-bond acceptors (Lipinski definition) is 5. The van der Waals surface area contributed by atoms with Crippen LogP contribution < -0.4 is 5.43 Å². The topological polar surface area (TPSA) is 90.9 Å². The van der Waals surface area contributed by atoms with Crippen LogP contribution in [0.5, 0.6) is 17.2 Å². The van der Waals surface area contributed by atoms with Gasteiger partial charge in [-0.3, -0.25) is 4.79 Å². The molecule has 0 bridgehead atoms. The Morgan fingerprint density at radius 2 is 1.40 bits per heavy atom. The van der Waals surface area contributed by atoms with Crippen LogP contribution in [0.1, 0.15) is 38.8 Å². The molecule has 1 aromatic heterocycles. The van der Waals surface area contributed by atoms with Crippen molar-refractivity contribution >= 4 is 11.0 Å². The second-order valence-electron chi connectivity index (χ2n) is 7.80. The summed E-state index contributed by atoms with van der Waals surface area (Å²) in [5, 5.41) is 32.2. The molecule has 0 aliphatic carbocycles. The molecule has 5 heteroatoms. The lowest BCUT2D eigenvalue weighted by molar-refractivity contribution is 0.430. The molecule has 156 valence electrons. The predicted octanol–water partition coefficient (Wildman–Crippen LogP) is 5.59. The molecule has 30 heavy (non-hydrogen) atoms. The summed E-state index contributed by atoms with van der Waals surface area (Å²) in [6.45, 7) is 7.68. The average Bonchev–Trinajstić information content (AvgIpc) is 2.70. The van der Waals surface area contributed by atoms with Crippen molar-refractivity contribution in [2.45, 2.75) is 40.5 Å². The van der Waals surface area contributed by atoms with E-state index in [0.29, 0.717) is 17.5 Å². The Morgan fingerprint density at radius 3 is 1.97 bits per heavy atom. The second kappa shape index (κ2) is 8.49. The summed E-state index contributed by atoms with van der Waals surface area (Å²) in [5.41, 5.74) is 2.54. The summed E-state index contributed by atoms with van der Waals surface area (Å²) >= 11 is 0. The molecule has 0 saturated heterocycles. The molecule has 0 radical (unpaired) electrons. The number of hydrogen-bond donors (Lipinski definition) is 3. The van der Waals surface area contributed by atoms with E-state index in [1.807, 2.05) is 45.9 Å². The van der Waals surface area contributed by atoms with Crippen molar-refractivity contribution in [1.29, 1.82) is 0 Å². The Kier molecular flexibility index (Phi) is 6.01. The average molecular weight is 406 g/mol. The monoisotopic (exact) mass is 406 g/mol. The summed E-state index contributed by atoms with van der Waals surface area (Å²) in [6.07, 6.45) is 4.32. The largest absolute Gasteiger partial charge is 0.507 e. The molecule has 0 spiro atoms. The minimum atomic E-state index is -0.732. The highest BCUT2D eigenvalue weighted by Gasteiger charge is 2.25. The maximum Gasteiger partial charge on any atom is 0.238 e. The Hall–Kier alpha value is -3.47.